The number of hydrogen-bond donors (Lipinski definition) is 0. The molecule has 14 rings (SSSR count). The van der Waals surface area contributed by atoms with Gasteiger partial charge in [0.25, 0.3) is 0 Å². The summed E-state index contributed by atoms with van der Waals surface area (Å²) in [4.78, 5) is 0. The van der Waals surface area contributed by atoms with Gasteiger partial charge in [-0.25, -0.2) is 0 Å². The predicted molar refractivity (Wildman–Crippen MR) is 625 cm³/mol. The zero-order chi connectivity index (χ0) is 106. The summed E-state index contributed by atoms with van der Waals surface area (Å²) in [6.45, 7) is 43.9. The molecule has 0 unspecified atom stereocenters. The van der Waals surface area contributed by atoms with Crippen molar-refractivity contribution >= 4 is 36.5 Å². The molecule has 147 heavy (non-hydrogen) atoms. The van der Waals surface area contributed by atoms with Crippen LogP contribution in [-0.4, -0.2) is 121 Å². The minimum atomic E-state index is 0.747. The molecule has 0 N–H and O–H groups in total. The van der Waals surface area contributed by atoms with E-state index in [1.807, 2.05) is 188 Å². The van der Waals surface area contributed by atoms with Crippen LogP contribution in [0.2, 0.25) is 0 Å². The lowest BCUT2D eigenvalue weighted by Gasteiger charge is -2.19. The molecule has 0 fully saturated rings. The van der Waals surface area contributed by atoms with Crippen LogP contribution in [0.25, 0.3) is 36.5 Å². The van der Waals surface area contributed by atoms with Crippen molar-refractivity contribution in [3.63, 3.8) is 0 Å². The van der Waals surface area contributed by atoms with E-state index in [4.69, 9.17) is 66.3 Å². The van der Waals surface area contributed by atoms with Crippen LogP contribution in [0.1, 0.15) is 305 Å². The van der Waals surface area contributed by atoms with Crippen LogP contribution in [0.3, 0.4) is 0 Å². The third-order valence-electron chi connectivity index (χ3n) is 25.1. The third kappa shape index (κ3) is 59.3. The molecule has 14 nitrogen and oxygen atoms in total. The first-order chi connectivity index (χ1) is 72.3. The number of aryl methyl sites for hydroxylation is 8. The SMILES string of the molecule is C=Cc1ccc(OCCC)cc1.C=Cc1ccc(OCCCC)cc1.C=Cc1ccc(OCCCCCCCCOC)cc1.C=Cc1ccc(OCCCCOC)cc1.C=Cc1cccc(OCCCCCC)c1.C=Cc1cccc(OCCCCCCOC)c1.CCCCCCCOc1ccc2c(c1)CC2.CCCCCCOc1ccc2c(c1)CC2.COCCCCOc1ccc2c(c1)CC2.COc1ccc2c(c1)CC2. The molecule has 0 spiro atoms. The zero-order valence-electron chi connectivity index (χ0n) is 92.3. The molecule has 4 aliphatic carbocycles. The molecule has 0 amide bonds. The van der Waals surface area contributed by atoms with Crippen molar-refractivity contribution in [1.29, 1.82) is 0 Å². The summed E-state index contributed by atoms with van der Waals surface area (Å²) < 4.78 is 75.7. The lowest BCUT2D eigenvalue weighted by atomic mass is 9.89. The van der Waals surface area contributed by atoms with Crippen molar-refractivity contribution in [1.82, 2.24) is 0 Å². The maximum atomic E-state index is 5.76. The van der Waals surface area contributed by atoms with E-state index >= 15 is 0 Å². The fourth-order valence-corrected chi connectivity index (χ4v) is 15.4. The fraction of sp³-hybridized carbons (Fsp3) is 0.459. The second kappa shape index (κ2) is 85.4. The van der Waals surface area contributed by atoms with Gasteiger partial charge >= 0.3 is 0 Å². The van der Waals surface area contributed by atoms with Crippen LogP contribution in [0.5, 0.6) is 57.5 Å². The molecular formula is C133H186O14. The quantitative estimate of drug-likeness (QED) is 0.0335. The second-order valence-electron chi connectivity index (χ2n) is 37.0. The van der Waals surface area contributed by atoms with Crippen molar-refractivity contribution in [2.75, 3.05) is 121 Å². The molecule has 0 aromatic heterocycles. The number of unbranched alkanes of at least 4 members (excludes halogenated alkanes) is 21. The Hall–Kier alpha value is -11.5. The molecule has 0 bridgehead atoms. The predicted octanol–water partition coefficient (Wildman–Crippen LogP) is 34.9. The molecule has 0 radical (unpaired) electrons. The minimum Gasteiger partial charge on any atom is -0.497 e. The van der Waals surface area contributed by atoms with E-state index in [0.717, 1.165) is 241 Å². The summed E-state index contributed by atoms with van der Waals surface area (Å²) in [5, 5.41) is 0. The minimum absolute atomic E-state index is 0.747. The molecule has 14 heteroatoms. The van der Waals surface area contributed by atoms with Crippen LogP contribution >= 0.6 is 0 Å². The van der Waals surface area contributed by atoms with Crippen LogP contribution in [0.15, 0.2) is 258 Å². The topological polar surface area (TPSA) is 129 Å². The van der Waals surface area contributed by atoms with Crippen LogP contribution in [0.4, 0.5) is 0 Å². The number of ether oxygens (including phenoxy) is 14. The molecule has 0 saturated heterocycles. The smallest absolute Gasteiger partial charge is 0.119 e. The Morgan fingerprint density at radius 3 is 0.605 bits per heavy atom. The van der Waals surface area contributed by atoms with Gasteiger partial charge in [0.05, 0.1) is 66.6 Å². The summed E-state index contributed by atoms with van der Waals surface area (Å²) in [6.07, 6.45) is 57.1. The van der Waals surface area contributed by atoms with Crippen molar-refractivity contribution < 1.29 is 66.3 Å². The first kappa shape index (κ1) is 126. The lowest BCUT2D eigenvalue weighted by Crippen LogP contribution is -2.08. The van der Waals surface area contributed by atoms with E-state index in [-0.39, 0.29) is 0 Å². The van der Waals surface area contributed by atoms with Gasteiger partial charge in [-0.3, -0.25) is 0 Å². The molecule has 4 aliphatic rings. The largest absolute Gasteiger partial charge is 0.497 e. The normalized spacial score (nSPS) is 11.2. The van der Waals surface area contributed by atoms with E-state index in [1.54, 1.807) is 35.5 Å². The Kier molecular flexibility index (Phi) is 73.2. The van der Waals surface area contributed by atoms with Gasteiger partial charge in [0.1, 0.15) is 57.5 Å². The molecule has 0 heterocycles. The summed E-state index contributed by atoms with van der Waals surface area (Å²) in [7, 11) is 8.67. The monoisotopic (exact) mass is 2010 g/mol. The van der Waals surface area contributed by atoms with E-state index in [9.17, 15) is 0 Å². The van der Waals surface area contributed by atoms with Crippen LogP contribution < -0.4 is 47.4 Å². The number of benzene rings is 10. The van der Waals surface area contributed by atoms with Crippen molar-refractivity contribution in [3.05, 3.63) is 336 Å². The Labute approximate surface area is 890 Å². The van der Waals surface area contributed by atoms with Crippen LogP contribution in [-0.2, 0) is 70.3 Å². The highest BCUT2D eigenvalue weighted by Gasteiger charge is 2.17. The highest BCUT2D eigenvalue weighted by molar-refractivity contribution is 5.54. The molecule has 0 atom stereocenters. The Morgan fingerprint density at radius 2 is 0.367 bits per heavy atom. The first-order valence-electron chi connectivity index (χ1n) is 55.3. The third-order valence-corrected chi connectivity index (χ3v) is 25.1. The van der Waals surface area contributed by atoms with Gasteiger partial charge in [-0.05, 0) is 340 Å². The van der Waals surface area contributed by atoms with Gasteiger partial charge in [0, 0.05) is 54.9 Å². The second-order valence-corrected chi connectivity index (χ2v) is 37.0. The van der Waals surface area contributed by atoms with Crippen LogP contribution in [0, 0.1) is 0 Å². The summed E-state index contributed by atoms with van der Waals surface area (Å²) in [5.74, 6) is 9.75. The van der Waals surface area contributed by atoms with Gasteiger partial charge in [-0.15, -0.1) is 0 Å². The Morgan fingerprint density at radius 1 is 0.170 bits per heavy atom. The average molecular weight is 2010 g/mol. The van der Waals surface area contributed by atoms with E-state index in [1.165, 1.54) is 224 Å². The van der Waals surface area contributed by atoms with E-state index < -0.39 is 0 Å². The Balaban J connectivity index is 0.000000288. The molecule has 0 saturated carbocycles. The number of methoxy groups -OCH3 is 5. The van der Waals surface area contributed by atoms with Crippen molar-refractivity contribution in [2.24, 2.45) is 0 Å². The molecule has 10 aromatic carbocycles. The number of hydrogen-bond acceptors (Lipinski definition) is 14. The fourth-order valence-electron chi connectivity index (χ4n) is 15.4. The van der Waals surface area contributed by atoms with Gasteiger partial charge in [0.2, 0.25) is 0 Å². The van der Waals surface area contributed by atoms with Crippen molar-refractivity contribution in [3.8, 4) is 57.5 Å². The maximum absolute atomic E-state index is 5.76. The number of rotatable bonds is 63. The molecule has 0 aliphatic heterocycles. The summed E-state index contributed by atoms with van der Waals surface area (Å²) in [5.41, 5.74) is 18.6. The number of fused-ring (bicyclic) bond motifs is 4. The first-order valence-corrected chi connectivity index (χ1v) is 55.3. The summed E-state index contributed by atoms with van der Waals surface area (Å²) >= 11 is 0. The molecule has 10 aromatic rings. The lowest BCUT2D eigenvalue weighted by molar-refractivity contribution is 0.184. The van der Waals surface area contributed by atoms with Gasteiger partial charge in [-0.2, -0.15) is 0 Å². The standard InChI is InChI=1S/C17H26O2.C15H22O2.C15H22O.2C14H20O.2C13H18O2.C12H16O.C11H14O.C9H10O/c1-3-16-10-12-17(13-11-16)19-15-9-7-5-4-6-8-14-18-2;1-3-14-9-8-10-15(13-14)17-12-7-5-4-6-11-16-2;1-2-3-4-5-6-11-16-15-10-9-13-7-8-14(13)12-15;1-2-3-4-5-10-15-14-9-8-12-6-7-13(12)11-14;1-3-5-6-7-11-15-14-10-8-9-13(4-2)12-14;1-14-8-2-3-9-15-13-7-6-11-4-5-12(11)10-13;1-3-12-6-8-13(9-7-12)15-11-5-4-10-14-2;1-3-5-10-13-12-8-6-11(4-2)7-9-12;1-3-9-12-11-7-5-10(4-2)6-8-11;1-10-9-5-4-7-2-3-8(7)6-9/h3,10-13H,1,4-9,14-15H2,2H3;3,8-10,13H,1,4-7,11-12H2,2H3;9-10,12H,2-8,11H2,1H3;8-9,11H,2-7,10H2,1H3;4,8-10,12H,2-3,5-7,11H2,1H3;6-7,10H,2-5,8-9H2,1H3;3,6-9H,1,4-5,10-11H2,2H3;4,6-9H,2-3,5,10H2,1H3;4-8H,2-3,9H2,1H3;4-6H,2-3H2,1H3. The maximum Gasteiger partial charge on any atom is 0.119 e. The van der Waals surface area contributed by atoms with Gasteiger partial charge < -0.3 is 66.3 Å². The zero-order valence-corrected chi connectivity index (χ0v) is 92.3. The molecular weight excluding hydrogens is 1820 g/mol. The van der Waals surface area contributed by atoms with Gasteiger partial charge in [0.15, 0.2) is 0 Å². The van der Waals surface area contributed by atoms with Gasteiger partial charge in [-0.1, -0.05) is 310 Å². The highest BCUT2D eigenvalue weighted by Crippen LogP contribution is 2.32. The Bertz CT molecular complexity index is 4930. The molecule has 802 valence electrons. The van der Waals surface area contributed by atoms with Crippen molar-refractivity contribution in [2.45, 2.75) is 279 Å². The average Bonchev–Trinajstić information content (AvgIpc) is 0.834. The summed E-state index contributed by atoms with van der Waals surface area (Å²) in [6, 6.07) is 73.7. The van der Waals surface area contributed by atoms with E-state index in [0.29, 0.717) is 0 Å². The highest BCUT2D eigenvalue weighted by atomic mass is 16.5. The van der Waals surface area contributed by atoms with E-state index in [2.05, 4.69) is 141 Å².